The van der Waals surface area contributed by atoms with E-state index in [2.05, 4.69) is 18.8 Å². The van der Waals surface area contributed by atoms with Crippen LogP contribution in [-0.2, 0) is 17.8 Å². The molecule has 0 aliphatic rings. The Morgan fingerprint density at radius 1 is 0.841 bits per heavy atom. The molecule has 4 rings (SSSR count). The minimum atomic E-state index is -0.767. The molecule has 0 radical (unpaired) electrons. The predicted octanol–water partition coefficient (Wildman–Crippen LogP) is 6.88. The van der Waals surface area contributed by atoms with Crippen LogP contribution in [0, 0.1) is 13.8 Å². The normalized spacial score (nSPS) is 10.0. The van der Waals surface area contributed by atoms with Crippen molar-refractivity contribution in [2.24, 2.45) is 0 Å². The maximum absolute atomic E-state index is 13.9. The fraction of sp³-hybridized carbons (Fsp3) is 0.343. The second kappa shape index (κ2) is 17.4. The second-order valence-electron chi connectivity index (χ2n) is 9.87. The van der Waals surface area contributed by atoms with E-state index in [9.17, 15) is 9.59 Å². The van der Waals surface area contributed by atoms with Crippen LogP contribution in [0.25, 0.3) is 5.69 Å². The van der Waals surface area contributed by atoms with E-state index in [1.165, 1.54) is 24.4 Å². The van der Waals surface area contributed by atoms with E-state index in [-0.39, 0.29) is 11.4 Å². The summed E-state index contributed by atoms with van der Waals surface area (Å²) in [5.74, 6) is 0.911. The quantitative estimate of drug-likeness (QED) is 0.163. The number of rotatable bonds is 9. The standard InChI is InChI=1S/C30H32N4O5.C3H8.C2H6/c1-19-14-23(31)15-20(2)27(19)34-18-32-28(26(29(34)35)30(36)39-5)33(16-21-6-10-24(37-3)11-7-21)17-22-8-12-25(38-4)13-9-22;1-3-2;1-2/h6-15,18H,16-17,31H2,1-5H3;3H2,1-2H3;1-2H3. The van der Waals surface area contributed by atoms with Crippen molar-refractivity contribution < 1.29 is 19.0 Å². The Balaban J connectivity index is 0.00000127. The lowest BCUT2D eigenvalue weighted by Crippen LogP contribution is -2.33. The molecule has 0 saturated heterocycles. The van der Waals surface area contributed by atoms with Crippen molar-refractivity contribution in [2.75, 3.05) is 32.0 Å². The average molecular weight is 603 g/mol. The predicted molar refractivity (Wildman–Crippen MR) is 178 cm³/mol. The molecule has 0 bridgehead atoms. The molecule has 0 spiro atoms. The molecule has 0 atom stereocenters. The zero-order valence-electron chi connectivity index (χ0n) is 27.4. The Morgan fingerprint density at radius 2 is 1.27 bits per heavy atom. The van der Waals surface area contributed by atoms with Crippen LogP contribution in [0.15, 0.2) is 71.8 Å². The molecule has 9 nitrogen and oxygen atoms in total. The number of anilines is 2. The topological polar surface area (TPSA) is 109 Å². The molecule has 3 aromatic carbocycles. The van der Waals surface area contributed by atoms with Crippen molar-refractivity contribution in [2.45, 2.75) is 61.1 Å². The van der Waals surface area contributed by atoms with Crippen molar-refractivity contribution in [3.63, 3.8) is 0 Å². The largest absolute Gasteiger partial charge is 0.497 e. The summed E-state index contributed by atoms with van der Waals surface area (Å²) in [6.07, 6.45) is 2.70. The van der Waals surface area contributed by atoms with Crippen LogP contribution in [-0.4, -0.2) is 36.8 Å². The number of aryl methyl sites for hydroxylation is 2. The lowest BCUT2D eigenvalue weighted by Gasteiger charge is -2.26. The molecular formula is C35H46N4O5. The van der Waals surface area contributed by atoms with E-state index >= 15 is 0 Å². The Bertz CT molecular complexity index is 1470. The van der Waals surface area contributed by atoms with Crippen LogP contribution in [0.5, 0.6) is 11.5 Å². The second-order valence-corrected chi connectivity index (χ2v) is 9.87. The van der Waals surface area contributed by atoms with Crippen molar-refractivity contribution >= 4 is 17.5 Å². The number of aromatic nitrogens is 2. The Kier molecular flexibility index (Phi) is 14.0. The Morgan fingerprint density at radius 3 is 1.66 bits per heavy atom. The molecule has 0 amide bonds. The van der Waals surface area contributed by atoms with Gasteiger partial charge in [-0.25, -0.2) is 9.78 Å². The van der Waals surface area contributed by atoms with E-state index in [0.29, 0.717) is 24.5 Å². The third-order valence-electron chi connectivity index (χ3n) is 6.46. The van der Waals surface area contributed by atoms with Crippen molar-refractivity contribution in [3.8, 4) is 17.2 Å². The zero-order chi connectivity index (χ0) is 32.8. The Hall–Kier alpha value is -4.79. The van der Waals surface area contributed by atoms with E-state index in [1.807, 2.05) is 81.1 Å². The van der Waals surface area contributed by atoms with Gasteiger partial charge in [0.1, 0.15) is 17.8 Å². The summed E-state index contributed by atoms with van der Waals surface area (Å²) < 4.78 is 17.0. The summed E-state index contributed by atoms with van der Waals surface area (Å²) in [7, 11) is 4.47. The van der Waals surface area contributed by atoms with Gasteiger partial charge in [-0.05, 0) is 72.5 Å². The van der Waals surface area contributed by atoms with E-state index in [1.54, 1.807) is 26.4 Å². The molecule has 0 unspecified atom stereocenters. The van der Waals surface area contributed by atoms with Crippen LogP contribution >= 0.6 is 0 Å². The minimum absolute atomic E-state index is 0.155. The van der Waals surface area contributed by atoms with Gasteiger partial charge in [-0.1, -0.05) is 58.4 Å². The molecule has 4 aromatic rings. The summed E-state index contributed by atoms with van der Waals surface area (Å²) in [5.41, 5.74) is 9.97. The van der Waals surface area contributed by atoms with Crippen molar-refractivity contribution in [1.29, 1.82) is 0 Å². The highest BCUT2D eigenvalue weighted by Crippen LogP contribution is 2.26. The van der Waals surface area contributed by atoms with Gasteiger partial charge in [-0.3, -0.25) is 9.36 Å². The molecule has 236 valence electrons. The van der Waals surface area contributed by atoms with E-state index < -0.39 is 11.5 Å². The molecule has 9 heteroatoms. The van der Waals surface area contributed by atoms with Crippen LogP contribution in [0.4, 0.5) is 11.5 Å². The summed E-state index contributed by atoms with van der Waals surface area (Å²) in [6.45, 7) is 12.7. The highest BCUT2D eigenvalue weighted by molar-refractivity contribution is 5.94. The molecule has 0 saturated carbocycles. The van der Waals surface area contributed by atoms with Crippen molar-refractivity contribution in [1.82, 2.24) is 9.55 Å². The average Bonchev–Trinajstić information content (AvgIpc) is 3.02. The lowest BCUT2D eigenvalue weighted by atomic mass is 10.1. The minimum Gasteiger partial charge on any atom is -0.497 e. The maximum atomic E-state index is 13.9. The third kappa shape index (κ3) is 8.86. The number of hydrogen-bond acceptors (Lipinski definition) is 8. The maximum Gasteiger partial charge on any atom is 0.347 e. The van der Waals surface area contributed by atoms with Crippen molar-refractivity contribution in [3.05, 3.63) is 105 Å². The van der Waals surface area contributed by atoms with E-state index in [4.69, 9.17) is 19.9 Å². The Labute approximate surface area is 261 Å². The highest BCUT2D eigenvalue weighted by atomic mass is 16.5. The number of esters is 1. The first-order valence-corrected chi connectivity index (χ1v) is 14.7. The van der Waals surface area contributed by atoms with Crippen LogP contribution in [0.2, 0.25) is 0 Å². The van der Waals surface area contributed by atoms with Gasteiger partial charge in [-0.2, -0.15) is 0 Å². The zero-order valence-corrected chi connectivity index (χ0v) is 27.4. The van der Waals surface area contributed by atoms with Gasteiger partial charge < -0.3 is 24.8 Å². The number of nitrogen functional groups attached to an aromatic ring is 1. The fourth-order valence-electron chi connectivity index (χ4n) is 4.60. The number of benzene rings is 3. The summed E-state index contributed by atoms with van der Waals surface area (Å²) in [6, 6.07) is 18.7. The third-order valence-corrected chi connectivity index (χ3v) is 6.46. The van der Waals surface area contributed by atoms with E-state index in [0.717, 1.165) is 33.8 Å². The van der Waals surface area contributed by atoms with Crippen LogP contribution in [0.1, 0.15) is 66.7 Å². The van der Waals surface area contributed by atoms with Gasteiger partial charge in [0.15, 0.2) is 11.4 Å². The smallest absolute Gasteiger partial charge is 0.347 e. The van der Waals surface area contributed by atoms with Gasteiger partial charge in [-0.15, -0.1) is 0 Å². The number of carbonyl (C=O) groups is 1. The number of nitrogens with two attached hydrogens (primary N) is 1. The molecule has 0 aliphatic carbocycles. The van der Waals surface area contributed by atoms with Gasteiger partial charge in [0.05, 0.1) is 27.0 Å². The molecule has 2 N–H and O–H groups in total. The number of nitrogens with zero attached hydrogens (tertiary/aromatic N) is 3. The molecule has 1 heterocycles. The molecule has 0 fully saturated rings. The number of methoxy groups -OCH3 is 3. The summed E-state index contributed by atoms with van der Waals surface area (Å²) in [5, 5.41) is 0. The first kappa shape index (κ1) is 35.4. The number of ether oxygens (including phenoxy) is 3. The van der Waals surface area contributed by atoms with Crippen LogP contribution in [0.3, 0.4) is 0 Å². The number of carbonyl (C=O) groups excluding carboxylic acids is 1. The fourth-order valence-corrected chi connectivity index (χ4v) is 4.60. The van der Waals surface area contributed by atoms with Gasteiger partial charge in [0, 0.05) is 18.8 Å². The molecule has 1 aromatic heterocycles. The molecular weight excluding hydrogens is 556 g/mol. The van der Waals surface area contributed by atoms with Gasteiger partial charge >= 0.3 is 5.97 Å². The summed E-state index contributed by atoms with van der Waals surface area (Å²) >= 11 is 0. The molecule has 44 heavy (non-hydrogen) atoms. The first-order chi connectivity index (χ1) is 21.2. The van der Waals surface area contributed by atoms with Gasteiger partial charge in [0.2, 0.25) is 0 Å². The first-order valence-electron chi connectivity index (χ1n) is 14.7. The van der Waals surface area contributed by atoms with Gasteiger partial charge in [0.25, 0.3) is 5.56 Å². The summed E-state index contributed by atoms with van der Waals surface area (Å²) in [4.78, 5) is 33.5. The monoisotopic (exact) mass is 602 g/mol. The SMILES string of the molecule is CC.CCC.COC(=O)c1c(N(Cc2ccc(OC)cc2)Cc2ccc(OC)cc2)ncn(-c2c(C)cc(N)cc2C)c1=O. The molecule has 0 aliphatic heterocycles. The highest BCUT2D eigenvalue weighted by Gasteiger charge is 2.26. The van der Waals surface area contributed by atoms with Crippen LogP contribution < -0.4 is 25.7 Å². The number of hydrogen-bond donors (Lipinski definition) is 1. The lowest BCUT2D eigenvalue weighted by molar-refractivity contribution is 0.0598.